The summed E-state index contributed by atoms with van der Waals surface area (Å²) in [6, 6.07) is 13.3. The van der Waals surface area contributed by atoms with E-state index in [1.165, 1.54) is 10.2 Å². The number of amides is 1. The Kier molecular flexibility index (Phi) is 5.23. The van der Waals surface area contributed by atoms with Crippen LogP contribution in [0.3, 0.4) is 0 Å². The van der Waals surface area contributed by atoms with Gasteiger partial charge in [-0.2, -0.15) is 5.10 Å². The van der Waals surface area contributed by atoms with Gasteiger partial charge in [0.1, 0.15) is 0 Å². The number of halogens is 2. The molecule has 5 rings (SSSR count). The molecule has 0 radical (unpaired) electrons. The largest absolute Gasteiger partial charge is 0.332 e. The molecule has 9 heteroatoms. The number of rotatable bonds is 3. The number of aromatic nitrogens is 5. The molecule has 1 aliphatic rings. The molecule has 32 heavy (non-hydrogen) atoms. The Morgan fingerprint density at radius 1 is 1.09 bits per heavy atom. The SMILES string of the molecule is Cc1c(C2CN(C(=O)c3cn(-c4cc(Cl)cc(Cl)c4)nn3)Cc3ccccc32)cnn1C. The minimum atomic E-state index is -0.176. The maximum atomic E-state index is 13.4. The lowest BCUT2D eigenvalue weighted by Crippen LogP contribution is -2.39. The Bertz CT molecular complexity index is 1310. The Balaban J connectivity index is 1.47. The quantitative estimate of drug-likeness (QED) is 0.448. The zero-order chi connectivity index (χ0) is 22.4. The van der Waals surface area contributed by atoms with E-state index in [1.807, 2.05) is 41.9 Å². The molecule has 0 N–H and O–H groups in total. The van der Waals surface area contributed by atoms with Crippen molar-refractivity contribution in [3.63, 3.8) is 0 Å². The fraction of sp³-hybridized carbons (Fsp3) is 0.217. The molecule has 3 heterocycles. The summed E-state index contributed by atoms with van der Waals surface area (Å²) in [6.45, 7) is 3.10. The van der Waals surface area contributed by atoms with E-state index >= 15 is 0 Å². The van der Waals surface area contributed by atoms with Gasteiger partial charge < -0.3 is 4.90 Å². The Hall–Kier alpha value is -3.16. The van der Waals surface area contributed by atoms with Gasteiger partial charge in [0.25, 0.3) is 5.91 Å². The van der Waals surface area contributed by atoms with Gasteiger partial charge in [-0.15, -0.1) is 5.10 Å². The number of hydrogen-bond donors (Lipinski definition) is 0. The Morgan fingerprint density at radius 3 is 2.56 bits per heavy atom. The third-order valence-corrected chi connectivity index (χ3v) is 6.39. The second kappa shape index (κ2) is 8.07. The molecule has 2 aromatic heterocycles. The highest BCUT2D eigenvalue weighted by Crippen LogP contribution is 2.35. The van der Waals surface area contributed by atoms with Crippen molar-refractivity contribution in [2.75, 3.05) is 6.54 Å². The molecule has 0 spiro atoms. The van der Waals surface area contributed by atoms with Crippen LogP contribution in [0.2, 0.25) is 10.0 Å². The molecule has 1 atom stereocenters. The first kappa shape index (κ1) is 20.7. The minimum absolute atomic E-state index is 0.0411. The fourth-order valence-corrected chi connectivity index (χ4v) is 4.72. The first-order valence-electron chi connectivity index (χ1n) is 10.1. The van der Waals surface area contributed by atoms with Crippen LogP contribution in [0.1, 0.15) is 38.8 Å². The molecule has 0 saturated carbocycles. The van der Waals surface area contributed by atoms with E-state index in [0.29, 0.717) is 28.8 Å². The number of nitrogens with zero attached hydrogens (tertiary/aromatic N) is 6. The van der Waals surface area contributed by atoms with E-state index in [4.69, 9.17) is 23.2 Å². The van der Waals surface area contributed by atoms with Crippen molar-refractivity contribution in [2.45, 2.75) is 19.4 Å². The molecular formula is C23H20Cl2N6O. The molecule has 0 fully saturated rings. The lowest BCUT2D eigenvalue weighted by atomic mass is 9.85. The minimum Gasteiger partial charge on any atom is -0.332 e. The van der Waals surface area contributed by atoms with Crippen LogP contribution >= 0.6 is 23.2 Å². The predicted molar refractivity (Wildman–Crippen MR) is 122 cm³/mol. The number of benzene rings is 2. The van der Waals surface area contributed by atoms with Gasteiger partial charge in [-0.1, -0.05) is 52.7 Å². The summed E-state index contributed by atoms with van der Waals surface area (Å²) in [5.74, 6) is -0.134. The van der Waals surface area contributed by atoms with E-state index < -0.39 is 0 Å². The number of carbonyl (C=O) groups excluding carboxylic acids is 1. The number of hydrogen-bond acceptors (Lipinski definition) is 4. The Labute approximate surface area is 195 Å². The summed E-state index contributed by atoms with van der Waals surface area (Å²) >= 11 is 12.2. The lowest BCUT2D eigenvalue weighted by Gasteiger charge is -2.34. The van der Waals surface area contributed by atoms with Crippen molar-refractivity contribution < 1.29 is 4.79 Å². The monoisotopic (exact) mass is 466 g/mol. The van der Waals surface area contributed by atoms with Crippen LogP contribution in [-0.4, -0.2) is 42.1 Å². The van der Waals surface area contributed by atoms with Gasteiger partial charge in [-0.25, -0.2) is 4.68 Å². The van der Waals surface area contributed by atoms with Crippen molar-refractivity contribution >= 4 is 29.1 Å². The Morgan fingerprint density at radius 2 is 1.84 bits per heavy atom. The number of carbonyl (C=O) groups is 1. The van der Waals surface area contributed by atoms with Crippen molar-refractivity contribution in [3.8, 4) is 5.69 Å². The van der Waals surface area contributed by atoms with E-state index in [1.54, 1.807) is 24.4 Å². The third-order valence-electron chi connectivity index (χ3n) is 5.95. The van der Waals surface area contributed by atoms with Crippen molar-refractivity contribution in [1.29, 1.82) is 0 Å². The zero-order valence-corrected chi connectivity index (χ0v) is 19.0. The second-order valence-electron chi connectivity index (χ2n) is 7.92. The lowest BCUT2D eigenvalue weighted by molar-refractivity contribution is 0.0718. The molecule has 4 aromatic rings. The average Bonchev–Trinajstić information content (AvgIpc) is 3.39. The molecule has 0 bridgehead atoms. The molecule has 2 aromatic carbocycles. The van der Waals surface area contributed by atoms with Gasteiger partial charge >= 0.3 is 0 Å². The number of fused-ring (bicyclic) bond motifs is 1. The van der Waals surface area contributed by atoms with Gasteiger partial charge in [0.15, 0.2) is 5.69 Å². The molecule has 7 nitrogen and oxygen atoms in total. The highest BCUT2D eigenvalue weighted by molar-refractivity contribution is 6.34. The third kappa shape index (κ3) is 3.67. The number of aryl methyl sites for hydroxylation is 1. The van der Waals surface area contributed by atoms with Gasteiger partial charge in [0, 0.05) is 47.4 Å². The summed E-state index contributed by atoms with van der Waals surface area (Å²) < 4.78 is 3.37. The van der Waals surface area contributed by atoms with E-state index in [-0.39, 0.29) is 17.5 Å². The fourth-order valence-electron chi connectivity index (χ4n) is 4.21. The van der Waals surface area contributed by atoms with Crippen molar-refractivity contribution in [2.24, 2.45) is 7.05 Å². The first-order chi connectivity index (χ1) is 15.4. The van der Waals surface area contributed by atoms with Crippen molar-refractivity contribution in [1.82, 2.24) is 29.7 Å². The highest BCUT2D eigenvalue weighted by Gasteiger charge is 2.32. The summed E-state index contributed by atoms with van der Waals surface area (Å²) in [5, 5.41) is 13.6. The van der Waals surface area contributed by atoms with Gasteiger partial charge in [0.2, 0.25) is 0 Å². The molecule has 162 valence electrons. The maximum Gasteiger partial charge on any atom is 0.276 e. The van der Waals surface area contributed by atoms with Crippen LogP contribution in [0.4, 0.5) is 0 Å². The van der Waals surface area contributed by atoms with Crippen molar-refractivity contribution in [3.05, 3.63) is 93.0 Å². The topological polar surface area (TPSA) is 68.8 Å². The van der Waals surface area contributed by atoms with Gasteiger partial charge in [-0.05, 0) is 36.2 Å². The summed E-state index contributed by atoms with van der Waals surface area (Å²) in [4.78, 5) is 15.2. The second-order valence-corrected chi connectivity index (χ2v) is 8.79. The van der Waals surface area contributed by atoms with E-state index in [0.717, 1.165) is 16.8 Å². The zero-order valence-electron chi connectivity index (χ0n) is 17.5. The first-order valence-corrected chi connectivity index (χ1v) is 10.9. The molecular weight excluding hydrogens is 447 g/mol. The van der Waals surface area contributed by atoms with Gasteiger partial charge in [-0.3, -0.25) is 9.48 Å². The molecule has 0 saturated heterocycles. The predicted octanol–water partition coefficient (Wildman–Crippen LogP) is 4.40. The van der Waals surface area contributed by atoms with Crippen LogP contribution in [0.5, 0.6) is 0 Å². The summed E-state index contributed by atoms with van der Waals surface area (Å²) in [7, 11) is 1.93. The van der Waals surface area contributed by atoms with Gasteiger partial charge in [0.05, 0.1) is 18.1 Å². The van der Waals surface area contributed by atoms with Crippen LogP contribution in [-0.2, 0) is 13.6 Å². The smallest absolute Gasteiger partial charge is 0.276 e. The summed E-state index contributed by atoms with van der Waals surface area (Å²) in [6.07, 6.45) is 3.50. The molecule has 1 amide bonds. The van der Waals surface area contributed by atoms with Crippen LogP contribution in [0.15, 0.2) is 54.9 Å². The van der Waals surface area contributed by atoms with E-state index in [9.17, 15) is 4.79 Å². The maximum absolute atomic E-state index is 13.4. The highest BCUT2D eigenvalue weighted by atomic mass is 35.5. The molecule has 1 unspecified atom stereocenters. The summed E-state index contributed by atoms with van der Waals surface area (Å²) in [5.41, 5.74) is 5.46. The van der Waals surface area contributed by atoms with Crippen LogP contribution in [0, 0.1) is 6.92 Å². The molecule has 1 aliphatic heterocycles. The average molecular weight is 467 g/mol. The standard InChI is InChI=1S/C23H20Cl2N6O/c1-14-20(10-26-29(14)2)21-12-30(11-15-5-3-4-6-19(15)21)23(32)22-13-31(28-27-22)18-8-16(24)7-17(25)9-18/h3-10,13,21H,11-12H2,1-2H3. The normalized spacial score (nSPS) is 15.6. The molecule has 0 aliphatic carbocycles. The van der Waals surface area contributed by atoms with Crippen LogP contribution in [0.25, 0.3) is 5.69 Å². The van der Waals surface area contributed by atoms with E-state index in [2.05, 4.69) is 27.5 Å². The van der Waals surface area contributed by atoms with Crippen LogP contribution < -0.4 is 0 Å².